The Kier molecular flexibility index (Phi) is 10.8. The van der Waals surface area contributed by atoms with Crippen molar-refractivity contribution in [1.29, 1.82) is 0 Å². The lowest BCUT2D eigenvalue weighted by molar-refractivity contribution is -0.147. The normalized spacial score (nSPS) is 13.2. The molecule has 3 heteroatoms. The maximum absolute atomic E-state index is 12.1. The fourth-order valence-electron chi connectivity index (χ4n) is 2.25. The van der Waals surface area contributed by atoms with E-state index in [0.717, 1.165) is 45.2 Å². The van der Waals surface area contributed by atoms with Crippen LogP contribution >= 0.6 is 0 Å². The number of esters is 1. The predicted molar refractivity (Wildman–Crippen MR) is 85.8 cm³/mol. The van der Waals surface area contributed by atoms with Crippen molar-refractivity contribution >= 4 is 5.97 Å². The SMILES string of the molecule is CCCCC(C(=O)OC)N(CCC(C)C)CCC(C)C. The summed E-state index contributed by atoms with van der Waals surface area (Å²) >= 11 is 0. The topological polar surface area (TPSA) is 29.5 Å². The molecule has 0 bridgehead atoms. The van der Waals surface area contributed by atoms with Crippen LogP contribution in [0.2, 0.25) is 0 Å². The number of methoxy groups -OCH3 is 1. The summed E-state index contributed by atoms with van der Waals surface area (Å²) in [5.41, 5.74) is 0. The Morgan fingerprint density at radius 3 is 1.85 bits per heavy atom. The van der Waals surface area contributed by atoms with Crippen LogP contribution in [0.4, 0.5) is 0 Å². The number of carbonyl (C=O) groups is 1. The largest absolute Gasteiger partial charge is 0.468 e. The van der Waals surface area contributed by atoms with Crippen LogP contribution in [0.3, 0.4) is 0 Å². The third kappa shape index (κ3) is 8.57. The monoisotopic (exact) mass is 285 g/mol. The zero-order valence-corrected chi connectivity index (χ0v) is 14.4. The van der Waals surface area contributed by atoms with Crippen LogP contribution in [0.1, 0.15) is 66.7 Å². The molecule has 1 unspecified atom stereocenters. The van der Waals surface area contributed by atoms with Crippen molar-refractivity contribution in [2.45, 2.75) is 72.8 Å². The second kappa shape index (κ2) is 11.1. The van der Waals surface area contributed by atoms with Gasteiger partial charge in [-0.25, -0.2) is 0 Å². The molecule has 0 aromatic carbocycles. The highest BCUT2D eigenvalue weighted by Gasteiger charge is 2.26. The van der Waals surface area contributed by atoms with Gasteiger partial charge in [0.2, 0.25) is 0 Å². The van der Waals surface area contributed by atoms with Crippen molar-refractivity contribution in [3.05, 3.63) is 0 Å². The van der Waals surface area contributed by atoms with E-state index in [1.54, 1.807) is 0 Å². The minimum absolute atomic E-state index is 0.0579. The molecule has 0 aromatic rings. The summed E-state index contributed by atoms with van der Waals surface area (Å²) in [5, 5.41) is 0. The predicted octanol–water partition coefficient (Wildman–Crippen LogP) is 4.11. The van der Waals surface area contributed by atoms with Gasteiger partial charge in [-0.15, -0.1) is 0 Å². The molecule has 0 aliphatic carbocycles. The second-order valence-corrected chi connectivity index (χ2v) is 6.58. The Labute approximate surface area is 126 Å². The maximum atomic E-state index is 12.1. The molecule has 0 spiro atoms. The van der Waals surface area contributed by atoms with Crippen LogP contribution in [-0.2, 0) is 9.53 Å². The van der Waals surface area contributed by atoms with Gasteiger partial charge >= 0.3 is 5.97 Å². The fraction of sp³-hybridized carbons (Fsp3) is 0.941. The van der Waals surface area contributed by atoms with E-state index in [0.29, 0.717) is 11.8 Å². The molecule has 0 rings (SSSR count). The molecule has 0 radical (unpaired) electrons. The van der Waals surface area contributed by atoms with Crippen LogP contribution < -0.4 is 0 Å². The van der Waals surface area contributed by atoms with E-state index < -0.39 is 0 Å². The average Bonchev–Trinajstić information content (AvgIpc) is 2.39. The van der Waals surface area contributed by atoms with E-state index in [1.807, 2.05) is 0 Å². The van der Waals surface area contributed by atoms with Crippen LogP contribution in [0.5, 0.6) is 0 Å². The molecule has 0 aliphatic heterocycles. The van der Waals surface area contributed by atoms with E-state index in [-0.39, 0.29) is 12.0 Å². The molecule has 0 amide bonds. The smallest absolute Gasteiger partial charge is 0.323 e. The Hall–Kier alpha value is -0.570. The molecule has 20 heavy (non-hydrogen) atoms. The summed E-state index contributed by atoms with van der Waals surface area (Å²) in [7, 11) is 1.50. The van der Waals surface area contributed by atoms with Gasteiger partial charge in [-0.2, -0.15) is 0 Å². The van der Waals surface area contributed by atoms with Crippen molar-refractivity contribution in [2.24, 2.45) is 11.8 Å². The average molecular weight is 285 g/mol. The lowest BCUT2D eigenvalue weighted by Gasteiger charge is -2.31. The lowest BCUT2D eigenvalue weighted by Crippen LogP contribution is -2.43. The van der Waals surface area contributed by atoms with Gasteiger partial charge in [0.05, 0.1) is 7.11 Å². The number of carbonyl (C=O) groups excluding carboxylic acids is 1. The highest BCUT2D eigenvalue weighted by atomic mass is 16.5. The second-order valence-electron chi connectivity index (χ2n) is 6.58. The Balaban J connectivity index is 4.71. The number of unbranched alkanes of at least 4 members (excludes halogenated alkanes) is 1. The standard InChI is InChI=1S/C17H35NO2/c1-7-8-9-16(17(19)20-6)18(12-10-14(2)3)13-11-15(4)5/h14-16H,7-13H2,1-6H3. The van der Waals surface area contributed by atoms with Gasteiger partial charge < -0.3 is 4.74 Å². The van der Waals surface area contributed by atoms with E-state index in [2.05, 4.69) is 39.5 Å². The van der Waals surface area contributed by atoms with Gasteiger partial charge in [-0.05, 0) is 44.2 Å². The van der Waals surface area contributed by atoms with Gasteiger partial charge in [-0.3, -0.25) is 9.69 Å². The van der Waals surface area contributed by atoms with Gasteiger partial charge in [0.1, 0.15) is 6.04 Å². The minimum Gasteiger partial charge on any atom is -0.468 e. The van der Waals surface area contributed by atoms with Gasteiger partial charge in [-0.1, -0.05) is 47.5 Å². The number of ether oxygens (including phenoxy) is 1. The van der Waals surface area contributed by atoms with Crippen molar-refractivity contribution < 1.29 is 9.53 Å². The first kappa shape index (κ1) is 19.4. The molecule has 0 saturated heterocycles. The molecular formula is C17H35NO2. The van der Waals surface area contributed by atoms with E-state index in [1.165, 1.54) is 7.11 Å². The first-order valence-electron chi connectivity index (χ1n) is 8.24. The van der Waals surface area contributed by atoms with E-state index in [9.17, 15) is 4.79 Å². The van der Waals surface area contributed by atoms with Crippen LogP contribution in [-0.4, -0.2) is 37.1 Å². The molecule has 120 valence electrons. The lowest BCUT2D eigenvalue weighted by atomic mass is 10.0. The highest BCUT2D eigenvalue weighted by Crippen LogP contribution is 2.15. The summed E-state index contributed by atoms with van der Waals surface area (Å²) in [4.78, 5) is 14.4. The van der Waals surface area contributed by atoms with Gasteiger partial charge in [0.15, 0.2) is 0 Å². The Morgan fingerprint density at radius 2 is 1.50 bits per heavy atom. The minimum atomic E-state index is -0.0639. The third-order valence-corrected chi connectivity index (χ3v) is 3.73. The van der Waals surface area contributed by atoms with Crippen molar-refractivity contribution in [2.75, 3.05) is 20.2 Å². The number of rotatable bonds is 11. The molecule has 0 heterocycles. The summed E-state index contributed by atoms with van der Waals surface area (Å²) in [6, 6.07) is -0.0579. The van der Waals surface area contributed by atoms with E-state index in [4.69, 9.17) is 4.74 Å². The van der Waals surface area contributed by atoms with Gasteiger partial charge in [0.25, 0.3) is 0 Å². The van der Waals surface area contributed by atoms with Crippen LogP contribution in [0.15, 0.2) is 0 Å². The number of nitrogens with zero attached hydrogens (tertiary/aromatic N) is 1. The summed E-state index contributed by atoms with van der Waals surface area (Å²) < 4.78 is 5.02. The first-order valence-corrected chi connectivity index (χ1v) is 8.24. The van der Waals surface area contributed by atoms with Crippen LogP contribution in [0, 0.1) is 11.8 Å². The molecule has 0 fully saturated rings. The summed E-state index contributed by atoms with van der Waals surface area (Å²) in [6.07, 6.45) is 5.39. The van der Waals surface area contributed by atoms with Crippen LogP contribution in [0.25, 0.3) is 0 Å². The quantitative estimate of drug-likeness (QED) is 0.535. The first-order chi connectivity index (χ1) is 9.42. The number of hydrogen-bond donors (Lipinski definition) is 0. The molecule has 0 aromatic heterocycles. The van der Waals surface area contributed by atoms with Crippen molar-refractivity contribution in [3.63, 3.8) is 0 Å². The molecule has 3 nitrogen and oxygen atoms in total. The molecule has 0 aliphatic rings. The Morgan fingerprint density at radius 1 is 1.00 bits per heavy atom. The van der Waals surface area contributed by atoms with E-state index >= 15 is 0 Å². The molecular weight excluding hydrogens is 250 g/mol. The number of hydrogen-bond acceptors (Lipinski definition) is 3. The van der Waals surface area contributed by atoms with Crippen molar-refractivity contribution in [3.8, 4) is 0 Å². The molecule has 1 atom stereocenters. The summed E-state index contributed by atoms with van der Waals surface area (Å²) in [6.45, 7) is 13.1. The molecule has 0 saturated carbocycles. The summed E-state index contributed by atoms with van der Waals surface area (Å²) in [5.74, 6) is 1.27. The zero-order valence-electron chi connectivity index (χ0n) is 14.4. The van der Waals surface area contributed by atoms with Gasteiger partial charge in [0, 0.05) is 0 Å². The molecule has 0 N–H and O–H groups in total. The third-order valence-electron chi connectivity index (χ3n) is 3.73. The Bertz CT molecular complexity index is 239. The highest BCUT2D eigenvalue weighted by molar-refractivity contribution is 5.75. The zero-order chi connectivity index (χ0) is 15.5. The fourth-order valence-corrected chi connectivity index (χ4v) is 2.25. The maximum Gasteiger partial charge on any atom is 0.323 e. The van der Waals surface area contributed by atoms with Crippen molar-refractivity contribution in [1.82, 2.24) is 4.90 Å².